The standard InChI is InChI=1S/C27H29F3N6O/c1-15-13-32-22-12-20(18-7-9-19(10-8-18)24-16(2)34-35(4)17(24)3)26(37)36(25(22)33-15)14-23-21(27(28,29)30)6-5-11-31-23/h5-6,11-13,18-19H,7-10,14H2,1-4H3. The van der Waals surface area contributed by atoms with Gasteiger partial charge in [-0.25, -0.2) is 4.98 Å². The molecule has 0 aliphatic heterocycles. The molecule has 1 aliphatic rings. The molecule has 7 nitrogen and oxygen atoms in total. The molecule has 0 spiro atoms. The smallest absolute Gasteiger partial charge is 0.285 e. The van der Waals surface area contributed by atoms with Crippen molar-refractivity contribution < 1.29 is 13.2 Å². The molecule has 0 aromatic carbocycles. The van der Waals surface area contributed by atoms with Gasteiger partial charge in [0.2, 0.25) is 0 Å². The van der Waals surface area contributed by atoms with Crippen LogP contribution in [0.4, 0.5) is 13.2 Å². The van der Waals surface area contributed by atoms with E-state index in [1.807, 2.05) is 18.7 Å². The van der Waals surface area contributed by atoms with Gasteiger partial charge in [-0.15, -0.1) is 0 Å². The molecule has 0 unspecified atom stereocenters. The molecule has 1 saturated carbocycles. The summed E-state index contributed by atoms with van der Waals surface area (Å²) in [6.45, 7) is 5.52. The van der Waals surface area contributed by atoms with Gasteiger partial charge in [-0.05, 0) is 82.1 Å². The second-order valence-corrected chi connectivity index (χ2v) is 9.96. The second kappa shape index (κ2) is 9.39. The summed E-state index contributed by atoms with van der Waals surface area (Å²) in [4.78, 5) is 26.7. The van der Waals surface area contributed by atoms with Gasteiger partial charge in [0.25, 0.3) is 5.56 Å². The highest BCUT2D eigenvalue weighted by molar-refractivity contribution is 5.71. The van der Waals surface area contributed by atoms with E-state index in [0.717, 1.165) is 43.1 Å². The number of hydrogen-bond acceptors (Lipinski definition) is 5. The van der Waals surface area contributed by atoms with Crippen LogP contribution in [0.2, 0.25) is 0 Å². The molecule has 0 N–H and O–H groups in total. The Morgan fingerprint density at radius 3 is 2.41 bits per heavy atom. The monoisotopic (exact) mass is 510 g/mol. The van der Waals surface area contributed by atoms with Crippen molar-refractivity contribution in [2.75, 3.05) is 0 Å². The summed E-state index contributed by atoms with van der Waals surface area (Å²) in [6, 6.07) is 4.01. The van der Waals surface area contributed by atoms with Gasteiger partial charge in [0.15, 0.2) is 5.65 Å². The topological polar surface area (TPSA) is 78.5 Å². The highest BCUT2D eigenvalue weighted by atomic mass is 19.4. The largest absolute Gasteiger partial charge is 0.418 e. The molecule has 5 rings (SSSR count). The molecule has 0 atom stereocenters. The Kier molecular flexibility index (Phi) is 6.37. The first-order chi connectivity index (χ1) is 17.5. The summed E-state index contributed by atoms with van der Waals surface area (Å²) in [5, 5.41) is 4.56. The molecule has 0 amide bonds. The van der Waals surface area contributed by atoms with Crippen molar-refractivity contribution >= 4 is 11.2 Å². The van der Waals surface area contributed by atoms with E-state index in [1.165, 1.54) is 22.4 Å². The number of alkyl halides is 3. The van der Waals surface area contributed by atoms with Crippen LogP contribution in [0.1, 0.15) is 77.0 Å². The molecule has 1 fully saturated rings. The maximum atomic E-state index is 13.8. The molecule has 1 aliphatic carbocycles. The van der Waals surface area contributed by atoms with Crippen LogP contribution in [0, 0.1) is 20.8 Å². The average Bonchev–Trinajstić information content (AvgIpc) is 3.11. The van der Waals surface area contributed by atoms with Gasteiger partial charge >= 0.3 is 6.18 Å². The first kappa shape index (κ1) is 25.1. The number of fused-ring (bicyclic) bond motifs is 1. The molecular formula is C27H29F3N6O. The lowest BCUT2D eigenvalue weighted by Gasteiger charge is -2.29. The molecule has 4 aromatic rings. The van der Waals surface area contributed by atoms with Crippen molar-refractivity contribution in [3.05, 3.63) is 80.4 Å². The van der Waals surface area contributed by atoms with Crippen LogP contribution in [-0.2, 0) is 19.8 Å². The number of halogens is 3. The third kappa shape index (κ3) is 4.65. The van der Waals surface area contributed by atoms with Gasteiger partial charge in [0.1, 0.15) is 5.52 Å². The molecule has 4 heterocycles. The minimum atomic E-state index is -4.58. The predicted octanol–water partition coefficient (Wildman–Crippen LogP) is 5.35. The highest BCUT2D eigenvalue weighted by Crippen LogP contribution is 2.42. The molecule has 37 heavy (non-hydrogen) atoms. The Balaban J connectivity index is 1.53. The maximum absolute atomic E-state index is 13.8. The Morgan fingerprint density at radius 2 is 1.76 bits per heavy atom. The highest BCUT2D eigenvalue weighted by Gasteiger charge is 2.34. The van der Waals surface area contributed by atoms with Gasteiger partial charge in [0, 0.05) is 30.7 Å². The number of aromatic nitrogens is 6. The predicted molar refractivity (Wildman–Crippen MR) is 134 cm³/mol. The zero-order valence-electron chi connectivity index (χ0n) is 21.3. The fourth-order valence-corrected chi connectivity index (χ4v) is 5.72. The molecule has 10 heteroatoms. The maximum Gasteiger partial charge on any atom is 0.418 e. The first-order valence-electron chi connectivity index (χ1n) is 12.4. The summed E-state index contributed by atoms with van der Waals surface area (Å²) in [7, 11) is 1.95. The first-order valence-corrected chi connectivity index (χ1v) is 12.4. The summed E-state index contributed by atoms with van der Waals surface area (Å²) in [6.07, 6.45) is 1.76. The number of pyridine rings is 2. The van der Waals surface area contributed by atoms with Gasteiger partial charge in [0.05, 0.1) is 29.2 Å². The van der Waals surface area contributed by atoms with E-state index in [-0.39, 0.29) is 29.4 Å². The van der Waals surface area contributed by atoms with Crippen molar-refractivity contribution in [1.29, 1.82) is 0 Å². The summed E-state index contributed by atoms with van der Waals surface area (Å²) in [5.41, 5.74) is 3.99. The van der Waals surface area contributed by atoms with Crippen molar-refractivity contribution in [3.63, 3.8) is 0 Å². The molecule has 4 aromatic heterocycles. The van der Waals surface area contributed by atoms with E-state index >= 15 is 0 Å². The lowest BCUT2D eigenvalue weighted by molar-refractivity contribution is -0.138. The Hall–Kier alpha value is -3.56. The molecule has 0 radical (unpaired) electrons. The van der Waals surface area contributed by atoms with Crippen molar-refractivity contribution in [2.24, 2.45) is 7.05 Å². The van der Waals surface area contributed by atoms with Crippen LogP contribution in [0.3, 0.4) is 0 Å². The number of rotatable bonds is 4. The summed E-state index contributed by atoms with van der Waals surface area (Å²) in [5.74, 6) is 0.364. The van der Waals surface area contributed by atoms with E-state index < -0.39 is 11.7 Å². The Labute approximate surface area is 212 Å². The SMILES string of the molecule is Cc1cnc2cc(C3CCC(c4c(C)nn(C)c4C)CC3)c(=O)n(Cc3ncccc3C(F)(F)F)c2n1. The Morgan fingerprint density at radius 1 is 1.05 bits per heavy atom. The van der Waals surface area contributed by atoms with Crippen LogP contribution in [0.15, 0.2) is 35.4 Å². The van der Waals surface area contributed by atoms with Gasteiger partial charge in [-0.3, -0.25) is 24.0 Å². The van der Waals surface area contributed by atoms with Gasteiger partial charge in [-0.2, -0.15) is 18.3 Å². The minimum Gasteiger partial charge on any atom is -0.285 e. The number of aryl methyl sites for hydroxylation is 3. The lowest BCUT2D eigenvalue weighted by Crippen LogP contribution is -2.29. The second-order valence-electron chi connectivity index (χ2n) is 9.96. The van der Waals surface area contributed by atoms with E-state index in [2.05, 4.69) is 27.0 Å². The molecule has 0 bridgehead atoms. The number of hydrogen-bond donors (Lipinski definition) is 0. The van der Waals surface area contributed by atoms with Gasteiger partial charge in [-0.1, -0.05) is 0 Å². The lowest BCUT2D eigenvalue weighted by atomic mass is 9.76. The normalized spacial score (nSPS) is 18.5. The average molecular weight is 511 g/mol. The molecular weight excluding hydrogens is 481 g/mol. The fourth-order valence-electron chi connectivity index (χ4n) is 5.72. The van der Waals surface area contributed by atoms with Crippen LogP contribution in [-0.4, -0.2) is 29.3 Å². The Bertz CT molecular complexity index is 1530. The van der Waals surface area contributed by atoms with Crippen LogP contribution < -0.4 is 5.56 Å². The van der Waals surface area contributed by atoms with E-state index in [1.54, 1.807) is 19.2 Å². The van der Waals surface area contributed by atoms with E-state index in [9.17, 15) is 18.0 Å². The van der Waals surface area contributed by atoms with Crippen LogP contribution >= 0.6 is 0 Å². The number of nitrogens with zero attached hydrogens (tertiary/aromatic N) is 6. The summed E-state index contributed by atoms with van der Waals surface area (Å²) < 4.78 is 44.2. The summed E-state index contributed by atoms with van der Waals surface area (Å²) >= 11 is 0. The zero-order valence-corrected chi connectivity index (χ0v) is 21.3. The molecule has 194 valence electrons. The fraction of sp³-hybridized carbons (Fsp3) is 0.444. The van der Waals surface area contributed by atoms with Crippen LogP contribution in [0.25, 0.3) is 11.2 Å². The van der Waals surface area contributed by atoms with Crippen LogP contribution in [0.5, 0.6) is 0 Å². The quantitative estimate of drug-likeness (QED) is 0.370. The van der Waals surface area contributed by atoms with Crippen molar-refractivity contribution in [2.45, 2.75) is 71.0 Å². The van der Waals surface area contributed by atoms with E-state index in [0.29, 0.717) is 22.7 Å². The molecule has 0 saturated heterocycles. The van der Waals surface area contributed by atoms with Gasteiger partial charge < -0.3 is 0 Å². The van der Waals surface area contributed by atoms with Crippen molar-refractivity contribution in [3.8, 4) is 0 Å². The van der Waals surface area contributed by atoms with Crippen molar-refractivity contribution in [1.82, 2.24) is 29.3 Å². The third-order valence-corrected chi connectivity index (χ3v) is 7.59. The van der Waals surface area contributed by atoms with E-state index in [4.69, 9.17) is 0 Å². The minimum absolute atomic E-state index is 0.00870. The zero-order chi connectivity index (χ0) is 26.5. The third-order valence-electron chi connectivity index (χ3n) is 7.59.